The summed E-state index contributed by atoms with van der Waals surface area (Å²) in [7, 11) is 0. The summed E-state index contributed by atoms with van der Waals surface area (Å²) >= 11 is 0. The van der Waals surface area contributed by atoms with Gasteiger partial charge in [0.05, 0.1) is 5.69 Å². The maximum absolute atomic E-state index is 12.3. The van der Waals surface area contributed by atoms with E-state index < -0.39 is 12.7 Å². The van der Waals surface area contributed by atoms with Crippen LogP contribution in [0.2, 0.25) is 0 Å². The van der Waals surface area contributed by atoms with Crippen molar-refractivity contribution in [3.05, 3.63) is 17.5 Å². The second kappa shape index (κ2) is 5.27. The number of hydrogen-bond acceptors (Lipinski definition) is 3. The van der Waals surface area contributed by atoms with Gasteiger partial charge in [0.25, 0.3) is 0 Å². The van der Waals surface area contributed by atoms with Crippen LogP contribution in [0.3, 0.4) is 0 Å². The Labute approximate surface area is 104 Å². The summed E-state index contributed by atoms with van der Waals surface area (Å²) in [5.41, 5.74) is 1.55. The summed E-state index contributed by atoms with van der Waals surface area (Å²) in [5, 5.41) is 7.16. The highest BCUT2D eigenvalue weighted by Gasteiger charge is 2.28. The molecule has 1 aromatic heterocycles. The van der Waals surface area contributed by atoms with Gasteiger partial charge in [-0.15, -0.1) is 0 Å². The van der Waals surface area contributed by atoms with Crippen molar-refractivity contribution in [1.82, 2.24) is 20.0 Å². The largest absolute Gasteiger partial charge is 0.408 e. The molecule has 0 spiro atoms. The zero-order valence-corrected chi connectivity index (χ0v) is 10.3. The number of nitrogens with one attached hydrogen (secondary N) is 1. The predicted molar refractivity (Wildman–Crippen MR) is 61.2 cm³/mol. The lowest BCUT2D eigenvalue weighted by Gasteiger charge is -2.26. The highest BCUT2D eigenvalue weighted by Crippen LogP contribution is 2.18. The highest BCUT2D eigenvalue weighted by atomic mass is 19.4. The zero-order valence-electron chi connectivity index (χ0n) is 10.3. The molecule has 0 unspecified atom stereocenters. The Hall–Kier alpha value is -1.08. The monoisotopic (exact) mass is 262 g/mol. The summed E-state index contributed by atoms with van der Waals surface area (Å²) in [6.07, 6.45) is -2.71. The Morgan fingerprint density at radius 3 is 2.61 bits per heavy atom. The van der Waals surface area contributed by atoms with Crippen LogP contribution in [0.5, 0.6) is 0 Å². The molecule has 1 saturated heterocycles. The molecule has 7 heteroatoms. The lowest BCUT2D eigenvalue weighted by atomic mass is 10.2. The van der Waals surface area contributed by atoms with Crippen LogP contribution in [0.25, 0.3) is 0 Å². The number of hydrogen-bond donors (Lipinski definition) is 1. The minimum absolute atomic E-state index is 0.672. The molecule has 0 bridgehead atoms. The fraction of sp³-hybridized carbons (Fsp3) is 0.727. The lowest BCUT2D eigenvalue weighted by Crippen LogP contribution is -2.42. The molecule has 4 nitrogen and oxygen atoms in total. The van der Waals surface area contributed by atoms with Crippen molar-refractivity contribution in [3.63, 3.8) is 0 Å². The summed E-state index contributed by atoms with van der Waals surface area (Å²) in [5.74, 6) is 0. The first kappa shape index (κ1) is 13.4. The summed E-state index contributed by atoms with van der Waals surface area (Å²) in [6, 6.07) is 0. The molecule has 0 atom stereocenters. The van der Waals surface area contributed by atoms with E-state index in [9.17, 15) is 13.2 Å². The van der Waals surface area contributed by atoms with Crippen molar-refractivity contribution in [2.24, 2.45) is 0 Å². The number of halogens is 3. The molecule has 0 radical (unpaired) electrons. The first-order valence-corrected chi connectivity index (χ1v) is 5.97. The van der Waals surface area contributed by atoms with E-state index in [4.69, 9.17) is 0 Å². The summed E-state index contributed by atoms with van der Waals surface area (Å²) in [6.45, 7) is 5.10. The van der Waals surface area contributed by atoms with Crippen molar-refractivity contribution in [1.29, 1.82) is 0 Å². The third-order valence-corrected chi connectivity index (χ3v) is 2.99. The van der Waals surface area contributed by atoms with Crippen molar-refractivity contribution >= 4 is 0 Å². The van der Waals surface area contributed by atoms with Gasteiger partial charge in [0, 0.05) is 44.5 Å². The maximum atomic E-state index is 12.3. The second-order valence-electron chi connectivity index (χ2n) is 4.58. The second-order valence-corrected chi connectivity index (χ2v) is 4.58. The van der Waals surface area contributed by atoms with E-state index in [1.807, 2.05) is 0 Å². The maximum Gasteiger partial charge on any atom is 0.408 e. The van der Waals surface area contributed by atoms with E-state index in [-0.39, 0.29) is 0 Å². The third kappa shape index (κ3) is 3.71. The highest BCUT2D eigenvalue weighted by molar-refractivity contribution is 5.15. The number of alkyl halides is 3. The van der Waals surface area contributed by atoms with E-state index in [1.54, 1.807) is 6.92 Å². The molecule has 1 aliphatic heterocycles. The van der Waals surface area contributed by atoms with Crippen LogP contribution in [0.4, 0.5) is 13.2 Å². The van der Waals surface area contributed by atoms with Gasteiger partial charge in [0.15, 0.2) is 0 Å². The number of aryl methyl sites for hydroxylation is 1. The molecule has 1 aromatic rings. The molecule has 0 aromatic carbocycles. The molecule has 0 saturated carbocycles. The molecule has 0 aliphatic carbocycles. The average molecular weight is 262 g/mol. The van der Waals surface area contributed by atoms with Crippen LogP contribution in [0.15, 0.2) is 6.20 Å². The van der Waals surface area contributed by atoms with Gasteiger partial charge in [-0.05, 0) is 6.92 Å². The molecular weight excluding hydrogens is 245 g/mol. The van der Waals surface area contributed by atoms with Crippen molar-refractivity contribution < 1.29 is 13.2 Å². The summed E-state index contributed by atoms with van der Waals surface area (Å²) < 4.78 is 37.8. The molecule has 102 valence electrons. The van der Waals surface area contributed by atoms with Crippen LogP contribution in [-0.2, 0) is 13.1 Å². The van der Waals surface area contributed by atoms with Crippen molar-refractivity contribution in [2.45, 2.75) is 26.2 Å². The molecule has 18 heavy (non-hydrogen) atoms. The number of nitrogens with zero attached hydrogens (tertiary/aromatic N) is 3. The first-order chi connectivity index (χ1) is 8.44. The van der Waals surface area contributed by atoms with Gasteiger partial charge in [-0.25, -0.2) is 0 Å². The first-order valence-electron chi connectivity index (χ1n) is 5.97. The third-order valence-electron chi connectivity index (χ3n) is 2.99. The molecule has 2 heterocycles. The molecule has 2 rings (SSSR count). The van der Waals surface area contributed by atoms with Gasteiger partial charge in [-0.3, -0.25) is 9.58 Å². The van der Waals surface area contributed by atoms with Crippen molar-refractivity contribution in [2.75, 3.05) is 26.2 Å². The van der Waals surface area contributed by atoms with Crippen LogP contribution >= 0.6 is 0 Å². The number of piperazine rings is 1. The summed E-state index contributed by atoms with van der Waals surface area (Å²) in [4.78, 5) is 2.22. The molecule has 1 aliphatic rings. The fourth-order valence-electron chi connectivity index (χ4n) is 2.09. The van der Waals surface area contributed by atoms with Crippen LogP contribution in [0, 0.1) is 6.92 Å². The van der Waals surface area contributed by atoms with Crippen LogP contribution in [0.1, 0.15) is 11.3 Å². The van der Waals surface area contributed by atoms with Gasteiger partial charge in [0.2, 0.25) is 0 Å². The Morgan fingerprint density at radius 2 is 2.00 bits per heavy atom. The van der Waals surface area contributed by atoms with E-state index >= 15 is 0 Å². The number of aromatic nitrogens is 2. The average Bonchev–Trinajstić information content (AvgIpc) is 2.58. The Kier molecular flexibility index (Phi) is 3.91. The van der Waals surface area contributed by atoms with E-state index in [0.29, 0.717) is 12.2 Å². The van der Waals surface area contributed by atoms with Gasteiger partial charge in [-0.1, -0.05) is 0 Å². The normalized spacial score (nSPS) is 18.2. The smallest absolute Gasteiger partial charge is 0.314 e. The topological polar surface area (TPSA) is 33.1 Å². The van der Waals surface area contributed by atoms with E-state index in [0.717, 1.165) is 36.4 Å². The zero-order chi connectivity index (χ0) is 13.2. The van der Waals surface area contributed by atoms with Crippen LogP contribution < -0.4 is 5.32 Å². The number of rotatable bonds is 3. The molecule has 0 amide bonds. The van der Waals surface area contributed by atoms with E-state index in [1.165, 1.54) is 6.20 Å². The minimum atomic E-state index is -4.22. The molecular formula is C11H17F3N4. The fourth-order valence-corrected chi connectivity index (χ4v) is 2.09. The van der Waals surface area contributed by atoms with Gasteiger partial charge in [-0.2, -0.15) is 18.3 Å². The Bertz CT molecular complexity index is 393. The molecule has 1 fully saturated rings. The van der Waals surface area contributed by atoms with Gasteiger partial charge in [0.1, 0.15) is 6.54 Å². The Morgan fingerprint density at radius 1 is 1.33 bits per heavy atom. The quantitative estimate of drug-likeness (QED) is 0.887. The lowest BCUT2D eigenvalue weighted by molar-refractivity contribution is -0.142. The predicted octanol–water partition coefficient (Wildman–Crippen LogP) is 1.16. The van der Waals surface area contributed by atoms with Gasteiger partial charge < -0.3 is 5.32 Å². The van der Waals surface area contributed by atoms with Crippen molar-refractivity contribution in [3.8, 4) is 0 Å². The van der Waals surface area contributed by atoms with Gasteiger partial charge >= 0.3 is 6.18 Å². The molecule has 1 N–H and O–H groups in total. The standard InChI is InChI=1S/C11H17F3N4/c1-9-10(6-17-4-2-15-3-5-17)7-18(16-9)8-11(12,13)14/h7,15H,2-6,8H2,1H3. The van der Waals surface area contributed by atoms with E-state index in [2.05, 4.69) is 15.3 Å². The minimum Gasteiger partial charge on any atom is -0.314 e. The Balaban J connectivity index is 2.00. The SMILES string of the molecule is Cc1nn(CC(F)(F)F)cc1CN1CCNCC1. The van der Waals surface area contributed by atoms with Crippen LogP contribution in [-0.4, -0.2) is 47.0 Å².